The maximum atomic E-state index is 12.1. The molecule has 0 aliphatic rings. The topological polar surface area (TPSA) is 164 Å². The Balaban J connectivity index is 6.07. The second kappa shape index (κ2) is 3.09. The minimum Gasteiger partial charge on any atom is -0.252 e. The second-order valence-electron chi connectivity index (χ2n) is 1.78. The van der Waals surface area contributed by atoms with Crippen LogP contribution in [-0.4, -0.2) is 28.3 Å². The van der Waals surface area contributed by atoms with Gasteiger partial charge in [0.25, 0.3) is 0 Å². The highest BCUT2D eigenvalue weighted by atomic mass is 32.3. The van der Waals surface area contributed by atoms with Gasteiger partial charge in [0.15, 0.2) is 14.8 Å². The molecule has 0 aliphatic carbocycles. The third-order valence-electron chi connectivity index (χ3n) is 1.04. The van der Waals surface area contributed by atoms with Gasteiger partial charge in [0, 0.05) is 0 Å². The molecule has 0 spiro atoms. The fraction of sp³-hybridized carbons (Fsp3) is 1.00. The molecule has 0 heterocycles. The quantitative estimate of drug-likeness (QED) is 0.251. The smallest absolute Gasteiger partial charge is 0.252 e. The Hall–Kier alpha value is -1.92. The monoisotopic (exact) mass is 233 g/mol. The van der Waals surface area contributed by atoms with E-state index in [-0.39, 0.29) is 0 Å². The number of hydrogen-bond acceptors (Lipinski definition) is 8. The molecular weight excluding hydrogens is 233 g/mol. The Labute approximate surface area is 73.8 Å². The average molecular weight is 233 g/mol. The molecule has 0 aromatic rings. The van der Waals surface area contributed by atoms with E-state index in [2.05, 4.69) is 0 Å². The molecule has 0 bridgehead atoms. The normalized spacial score (nSPS) is 12.1. The summed E-state index contributed by atoms with van der Waals surface area (Å²) in [6.07, 6.45) is 0. The molecule has 14 heavy (non-hydrogen) atoms. The van der Waals surface area contributed by atoms with E-state index in [1.54, 1.807) is 0 Å². The number of halogens is 1. The third-order valence-corrected chi connectivity index (χ3v) is 2.14. The van der Waals surface area contributed by atoms with Crippen LogP contribution in [0.3, 0.4) is 0 Å². The van der Waals surface area contributed by atoms with Crippen LogP contribution in [0.15, 0.2) is 0 Å². The van der Waals surface area contributed by atoms with Gasteiger partial charge in [-0.3, -0.25) is 30.3 Å². The van der Waals surface area contributed by atoms with Gasteiger partial charge in [0.1, 0.15) is 0 Å². The lowest BCUT2D eigenvalue weighted by Gasteiger charge is -2.02. The second-order valence-corrected chi connectivity index (χ2v) is 3.21. The zero-order valence-corrected chi connectivity index (χ0v) is 6.71. The van der Waals surface area contributed by atoms with Gasteiger partial charge in [-0.05, 0) is 0 Å². The predicted molar refractivity (Wildman–Crippen MR) is 33.7 cm³/mol. The molecule has 0 aromatic heterocycles. The molecule has 0 rings (SSSR count). The van der Waals surface area contributed by atoms with Crippen LogP contribution >= 0.6 is 0 Å². The maximum absolute atomic E-state index is 12.1. The highest BCUT2D eigenvalue weighted by Gasteiger charge is 2.84. The number of rotatable bonds is 4. The zero-order chi connectivity index (χ0) is 11.7. The molecule has 0 aliphatic heterocycles. The Morgan fingerprint density at radius 3 is 1.14 bits per heavy atom. The fourth-order valence-corrected chi connectivity index (χ4v) is 1.00. The van der Waals surface area contributed by atoms with Crippen LogP contribution in [0, 0.1) is 30.3 Å². The Morgan fingerprint density at radius 2 is 1.14 bits per heavy atom. The van der Waals surface area contributed by atoms with Crippen molar-refractivity contribution in [2.24, 2.45) is 0 Å². The van der Waals surface area contributed by atoms with Crippen LogP contribution in [0.4, 0.5) is 3.89 Å². The summed E-state index contributed by atoms with van der Waals surface area (Å²) in [5.41, 5.74) is 0. The van der Waals surface area contributed by atoms with Crippen LogP contribution in [0.25, 0.3) is 0 Å². The van der Waals surface area contributed by atoms with Gasteiger partial charge in [-0.2, -0.15) is 8.42 Å². The van der Waals surface area contributed by atoms with Gasteiger partial charge in [0.2, 0.25) is 0 Å². The maximum Gasteiger partial charge on any atom is 0.833 e. The Bertz CT molecular complexity index is 361. The summed E-state index contributed by atoms with van der Waals surface area (Å²) in [6.45, 7) is 0. The van der Waals surface area contributed by atoms with Crippen LogP contribution in [0.2, 0.25) is 0 Å². The van der Waals surface area contributed by atoms with Crippen molar-refractivity contribution in [1.29, 1.82) is 0 Å². The summed E-state index contributed by atoms with van der Waals surface area (Å²) in [7, 11) is -6.62. The van der Waals surface area contributed by atoms with Crippen molar-refractivity contribution in [3.63, 3.8) is 0 Å². The summed E-state index contributed by atoms with van der Waals surface area (Å²) in [5.74, 6) is 0. The van der Waals surface area contributed by atoms with Crippen LogP contribution in [-0.2, 0) is 10.2 Å². The van der Waals surface area contributed by atoms with Gasteiger partial charge < -0.3 is 0 Å². The van der Waals surface area contributed by atoms with Crippen molar-refractivity contribution in [3.05, 3.63) is 30.3 Å². The minimum atomic E-state index is -6.62. The molecule has 0 aromatic carbocycles. The van der Waals surface area contributed by atoms with Crippen molar-refractivity contribution in [1.82, 2.24) is 0 Å². The minimum absolute atomic E-state index is 2.44. The Morgan fingerprint density at radius 1 is 0.929 bits per heavy atom. The number of nitrogens with zero attached hydrogens (tertiary/aromatic N) is 3. The SMILES string of the molecule is O=[N+]([O-])C([N+](=O)[O-])([N+](=O)[O-])S(=O)(=O)F. The molecular formula is CFN3O8S. The first-order chi connectivity index (χ1) is 6.08. The summed E-state index contributed by atoms with van der Waals surface area (Å²) in [4.78, 5) is 22.2. The molecule has 0 fully saturated rings. The summed E-state index contributed by atoms with van der Waals surface area (Å²) in [5, 5.41) is 24.5. The van der Waals surface area contributed by atoms with E-state index >= 15 is 0 Å². The van der Waals surface area contributed by atoms with E-state index in [0.29, 0.717) is 0 Å². The molecule has 11 nitrogen and oxygen atoms in total. The van der Waals surface area contributed by atoms with E-state index in [1.807, 2.05) is 0 Å². The van der Waals surface area contributed by atoms with Gasteiger partial charge in [-0.15, -0.1) is 0 Å². The molecule has 0 radical (unpaired) electrons. The van der Waals surface area contributed by atoms with Crippen LogP contribution in [0.1, 0.15) is 0 Å². The standard InChI is InChI=1S/CFN3O8S/c2-14(12,13)1(3(6)7,4(8)9)5(10)11. The van der Waals surface area contributed by atoms with Crippen LogP contribution in [0.5, 0.6) is 0 Å². The number of nitro groups is 3. The van der Waals surface area contributed by atoms with Gasteiger partial charge in [-0.25, -0.2) is 0 Å². The van der Waals surface area contributed by atoms with Gasteiger partial charge in [-0.1, -0.05) is 3.89 Å². The van der Waals surface area contributed by atoms with E-state index in [9.17, 15) is 42.6 Å². The van der Waals surface area contributed by atoms with Crippen molar-refractivity contribution < 1.29 is 27.1 Å². The highest BCUT2D eigenvalue weighted by molar-refractivity contribution is 7.87. The predicted octanol–water partition coefficient (Wildman–Crippen LogP) is -1.27. The van der Waals surface area contributed by atoms with Crippen molar-refractivity contribution >= 4 is 10.2 Å². The molecule has 0 N–H and O–H groups in total. The first-order valence-corrected chi connectivity index (χ1v) is 3.84. The van der Waals surface area contributed by atoms with Gasteiger partial charge >= 0.3 is 15.3 Å². The highest BCUT2D eigenvalue weighted by Crippen LogP contribution is 2.21. The van der Waals surface area contributed by atoms with E-state index < -0.39 is 30.1 Å². The van der Waals surface area contributed by atoms with Crippen molar-refractivity contribution in [2.75, 3.05) is 0 Å². The summed E-state index contributed by atoms with van der Waals surface area (Å²) in [6, 6.07) is 0. The first kappa shape index (κ1) is 12.1. The molecule has 0 saturated carbocycles. The molecule has 80 valence electrons. The molecule has 0 saturated heterocycles. The average Bonchev–Trinajstić information content (AvgIpc) is 1.79. The van der Waals surface area contributed by atoms with Crippen LogP contribution < -0.4 is 0 Å². The lowest BCUT2D eigenvalue weighted by Crippen LogP contribution is -2.57. The largest absolute Gasteiger partial charge is 0.833 e. The molecule has 0 atom stereocenters. The summed E-state index contributed by atoms with van der Waals surface area (Å²) < 4.78 is 32.1. The van der Waals surface area contributed by atoms with E-state index in [4.69, 9.17) is 0 Å². The third kappa shape index (κ3) is 1.32. The zero-order valence-electron chi connectivity index (χ0n) is 5.89. The van der Waals surface area contributed by atoms with Gasteiger partial charge in [0.05, 0.1) is 0 Å². The number of hydrogen-bond donors (Lipinski definition) is 0. The molecule has 13 heteroatoms. The van der Waals surface area contributed by atoms with E-state index in [1.165, 1.54) is 0 Å². The lowest BCUT2D eigenvalue weighted by molar-refractivity contribution is -0.937. The molecule has 0 amide bonds. The molecule has 0 unspecified atom stereocenters. The Kier molecular flexibility index (Phi) is 2.67. The summed E-state index contributed by atoms with van der Waals surface area (Å²) >= 11 is 0. The fourth-order valence-electron chi connectivity index (χ4n) is 0.467. The lowest BCUT2D eigenvalue weighted by atomic mass is 10.9. The van der Waals surface area contributed by atoms with E-state index in [0.717, 1.165) is 0 Å². The first-order valence-electron chi connectivity index (χ1n) is 2.46. The van der Waals surface area contributed by atoms with Crippen molar-refractivity contribution in [3.8, 4) is 0 Å². The van der Waals surface area contributed by atoms with Crippen molar-refractivity contribution in [2.45, 2.75) is 5.12 Å².